The number of hydrogen-bond acceptors (Lipinski definition) is 1. The predicted molar refractivity (Wildman–Crippen MR) is 80.8 cm³/mol. The van der Waals surface area contributed by atoms with E-state index >= 15 is 0 Å². The molecule has 0 aliphatic heterocycles. The summed E-state index contributed by atoms with van der Waals surface area (Å²) in [4.78, 5) is 0. The van der Waals surface area contributed by atoms with Crippen LogP contribution in [0.3, 0.4) is 0 Å². The molecule has 1 unspecified atom stereocenters. The van der Waals surface area contributed by atoms with Gasteiger partial charge in [0.15, 0.2) is 0 Å². The van der Waals surface area contributed by atoms with Gasteiger partial charge in [-0.3, -0.25) is 0 Å². The van der Waals surface area contributed by atoms with E-state index < -0.39 is 11.6 Å². The third kappa shape index (κ3) is 3.86. The van der Waals surface area contributed by atoms with E-state index in [9.17, 15) is 13.2 Å². The standard InChI is InChI=1S/C16H15BrF3N/c1-21-9-11(10-2-4-12(18)5-3-10)8-13-15(19)7-6-14(17)16(13)20/h2-7,11,21H,8-9H2,1H3. The fraction of sp³-hybridized carbons (Fsp3) is 0.250. The van der Waals surface area contributed by atoms with Gasteiger partial charge in [-0.1, -0.05) is 12.1 Å². The maximum absolute atomic E-state index is 14.1. The van der Waals surface area contributed by atoms with Crippen LogP contribution in [0.2, 0.25) is 0 Å². The Morgan fingerprint density at radius 3 is 2.33 bits per heavy atom. The first-order chi connectivity index (χ1) is 10.0. The molecule has 0 bridgehead atoms. The second kappa shape index (κ2) is 7.09. The molecule has 0 heterocycles. The molecule has 0 saturated heterocycles. The lowest BCUT2D eigenvalue weighted by molar-refractivity contribution is 0.525. The molecule has 0 aliphatic rings. The van der Waals surface area contributed by atoms with Crippen molar-refractivity contribution in [3.63, 3.8) is 0 Å². The van der Waals surface area contributed by atoms with E-state index in [1.165, 1.54) is 24.3 Å². The van der Waals surface area contributed by atoms with Gasteiger partial charge in [0.05, 0.1) is 4.47 Å². The quantitative estimate of drug-likeness (QED) is 0.781. The molecular formula is C16H15BrF3N. The second-order valence-electron chi connectivity index (χ2n) is 4.83. The molecule has 0 aromatic heterocycles. The van der Waals surface area contributed by atoms with Gasteiger partial charge in [0.2, 0.25) is 0 Å². The van der Waals surface area contributed by atoms with Crippen LogP contribution < -0.4 is 5.32 Å². The number of rotatable bonds is 5. The van der Waals surface area contributed by atoms with Crippen molar-refractivity contribution in [1.82, 2.24) is 5.32 Å². The lowest BCUT2D eigenvalue weighted by Gasteiger charge is -2.18. The van der Waals surface area contributed by atoms with Crippen molar-refractivity contribution in [3.05, 3.63) is 69.4 Å². The molecule has 1 N–H and O–H groups in total. The number of hydrogen-bond donors (Lipinski definition) is 1. The van der Waals surface area contributed by atoms with Crippen LogP contribution in [0.15, 0.2) is 40.9 Å². The fourth-order valence-corrected chi connectivity index (χ4v) is 2.66. The summed E-state index contributed by atoms with van der Waals surface area (Å²) in [6, 6.07) is 8.58. The molecule has 5 heteroatoms. The van der Waals surface area contributed by atoms with Crippen molar-refractivity contribution in [3.8, 4) is 0 Å². The Morgan fingerprint density at radius 1 is 1.05 bits per heavy atom. The van der Waals surface area contributed by atoms with Gasteiger partial charge in [0.1, 0.15) is 17.5 Å². The molecular weight excluding hydrogens is 343 g/mol. The van der Waals surface area contributed by atoms with Gasteiger partial charge < -0.3 is 5.32 Å². The Labute approximate surface area is 130 Å². The van der Waals surface area contributed by atoms with Crippen LogP contribution in [0.1, 0.15) is 17.0 Å². The van der Waals surface area contributed by atoms with Crippen LogP contribution in [-0.4, -0.2) is 13.6 Å². The molecule has 112 valence electrons. The van der Waals surface area contributed by atoms with E-state index in [4.69, 9.17) is 0 Å². The van der Waals surface area contributed by atoms with Gasteiger partial charge in [-0.2, -0.15) is 0 Å². The minimum Gasteiger partial charge on any atom is -0.319 e. The Morgan fingerprint density at radius 2 is 1.71 bits per heavy atom. The third-order valence-electron chi connectivity index (χ3n) is 3.38. The molecule has 0 radical (unpaired) electrons. The number of benzene rings is 2. The Hall–Kier alpha value is -1.33. The van der Waals surface area contributed by atoms with Gasteiger partial charge in [-0.25, -0.2) is 13.2 Å². The average Bonchev–Trinajstić information content (AvgIpc) is 2.47. The molecule has 0 fully saturated rings. The monoisotopic (exact) mass is 357 g/mol. The van der Waals surface area contributed by atoms with E-state index in [0.717, 1.165) is 5.56 Å². The van der Waals surface area contributed by atoms with Crippen LogP contribution in [0, 0.1) is 17.5 Å². The summed E-state index contributed by atoms with van der Waals surface area (Å²) in [7, 11) is 1.77. The van der Waals surface area contributed by atoms with E-state index in [1.54, 1.807) is 19.2 Å². The summed E-state index contributed by atoms with van der Waals surface area (Å²) in [6.07, 6.45) is 0.198. The highest BCUT2D eigenvalue weighted by atomic mass is 79.9. The van der Waals surface area contributed by atoms with Crippen molar-refractivity contribution in [2.24, 2.45) is 0 Å². The third-order valence-corrected chi connectivity index (χ3v) is 3.99. The van der Waals surface area contributed by atoms with E-state index in [1.807, 2.05) is 0 Å². The molecule has 1 nitrogen and oxygen atoms in total. The molecule has 0 amide bonds. The molecule has 1 atom stereocenters. The summed E-state index contributed by atoms with van der Waals surface area (Å²) in [5, 5.41) is 3.00. The summed E-state index contributed by atoms with van der Waals surface area (Å²) in [5.41, 5.74) is 0.874. The first kappa shape index (κ1) is 16.0. The molecule has 0 saturated carbocycles. The first-order valence-electron chi connectivity index (χ1n) is 6.55. The topological polar surface area (TPSA) is 12.0 Å². The van der Waals surface area contributed by atoms with Crippen molar-refractivity contribution < 1.29 is 13.2 Å². The Kier molecular flexibility index (Phi) is 5.42. The van der Waals surface area contributed by atoms with Crippen LogP contribution in [0.5, 0.6) is 0 Å². The Bertz CT molecular complexity index is 614. The lowest BCUT2D eigenvalue weighted by atomic mass is 9.91. The van der Waals surface area contributed by atoms with E-state index in [2.05, 4.69) is 21.2 Å². The Balaban J connectivity index is 2.32. The van der Waals surface area contributed by atoms with Gasteiger partial charge in [0.25, 0.3) is 0 Å². The lowest BCUT2D eigenvalue weighted by Crippen LogP contribution is -2.20. The van der Waals surface area contributed by atoms with Crippen LogP contribution >= 0.6 is 15.9 Å². The van der Waals surface area contributed by atoms with Crippen molar-refractivity contribution in [2.75, 3.05) is 13.6 Å². The van der Waals surface area contributed by atoms with Crippen LogP contribution in [0.4, 0.5) is 13.2 Å². The average molecular weight is 358 g/mol. The second-order valence-corrected chi connectivity index (χ2v) is 5.69. The van der Waals surface area contributed by atoms with Gasteiger partial charge >= 0.3 is 0 Å². The number of nitrogens with one attached hydrogen (secondary N) is 1. The largest absolute Gasteiger partial charge is 0.319 e. The maximum atomic E-state index is 14.1. The highest BCUT2D eigenvalue weighted by molar-refractivity contribution is 9.10. The zero-order chi connectivity index (χ0) is 15.4. The zero-order valence-corrected chi connectivity index (χ0v) is 13.1. The molecule has 2 rings (SSSR count). The minimum absolute atomic E-state index is 0.0361. The minimum atomic E-state index is -0.585. The summed E-state index contributed by atoms with van der Waals surface area (Å²) >= 11 is 3.07. The van der Waals surface area contributed by atoms with Crippen LogP contribution in [-0.2, 0) is 6.42 Å². The first-order valence-corrected chi connectivity index (χ1v) is 7.34. The van der Waals surface area contributed by atoms with Gasteiger partial charge in [-0.05, 0) is 59.2 Å². The van der Waals surface area contributed by atoms with Crippen molar-refractivity contribution in [1.29, 1.82) is 0 Å². The van der Waals surface area contributed by atoms with E-state index in [-0.39, 0.29) is 28.2 Å². The van der Waals surface area contributed by atoms with E-state index in [0.29, 0.717) is 6.54 Å². The maximum Gasteiger partial charge on any atom is 0.143 e. The SMILES string of the molecule is CNCC(Cc1c(F)ccc(Br)c1F)c1ccc(F)cc1. The molecule has 21 heavy (non-hydrogen) atoms. The van der Waals surface area contributed by atoms with Gasteiger partial charge in [-0.15, -0.1) is 0 Å². The highest BCUT2D eigenvalue weighted by Crippen LogP contribution is 2.27. The van der Waals surface area contributed by atoms with Crippen molar-refractivity contribution in [2.45, 2.75) is 12.3 Å². The number of likely N-dealkylation sites (N-methyl/N-ethyl adjacent to an activating group) is 1. The summed E-state index contributed by atoms with van der Waals surface area (Å²) in [6.45, 7) is 0.539. The zero-order valence-electron chi connectivity index (χ0n) is 11.5. The van der Waals surface area contributed by atoms with Gasteiger partial charge in [0, 0.05) is 18.0 Å². The molecule has 2 aromatic carbocycles. The normalized spacial score (nSPS) is 12.4. The molecule has 0 spiro atoms. The summed E-state index contributed by atoms with van der Waals surface area (Å²) < 4.78 is 41.2. The molecule has 0 aliphatic carbocycles. The van der Waals surface area contributed by atoms with Crippen molar-refractivity contribution >= 4 is 15.9 Å². The highest BCUT2D eigenvalue weighted by Gasteiger charge is 2.19. The predicted octanol–water partition coefficient (Wildman–Crippen LogP) is 4.41. The fourth-order valence-electron chi connectivity index (χ4n) is 2.29. The van der Waals surface area contributed by atoms with Crippen LogP contribution in [0.25, 0.3) is 0 Å². The summed E-state index contributed by atoms with van der Waals surface area (Å²) in [5.74, 6) is -1.63. The number of halogens is 4. The smallest absolute Gasteiger partial charge is 0.143 e. The molecule has 2 aromatic rings.